The third-order valence-corrected chi connectivity index (χ3v) is 3.17. The topological polar surface area (TPSA) is 59.6 Å². The fourth-order valence-electron chi connectivity index (χ4n) is 1.92. The highest BCUT2D eigenvalue weighted by atomic mass is 19.1. The smallest absolute Gasteiger partial charge is 0.236 e. The van der Waals surface area contributed by atoms with E-state index in [0.29, 0.717) is 13.2 Å². The largest absolute Gasteiger partial charge is 0.494 e. The first-order valence-electron chi connectivity index (χ1n) is 6.85. The van der Waals surface area contributed by atoms with E-state index in [1.807, 2.05) is 6.92 Å². The predicted octanol–water partition coefficient (Wildman–Crippen LogP) is 1.64. The summed E-state index contributed by atoms with van der Waals surface area (Å²) >= 11 is 0. The lowest BCUT2D eigenvalue weighted by Gasteiger charge is -2.20. The summed E-state index contributed by atoms with van der Waals surface area (Å²) in [6.07, 6.45) is 0. The third-order valence-electron chi connectivity index (χ3n) is 3.17. The monoisotopic (exact) mass is 298 g/mol. The van der Waals surface area contributed by atoms with Gasteiger partial charge in [-0.15, -0.1) is 0 Å². The number of benzene rings is 1. The van der Waals surface area contributed by atoms with Gasteiger partial charge in [-0.25, -0.2) is 4.39 Å². The zero-order chi connectivity index (χ0) is 15.8. The molecule has 1 amide bonds. The second kappa shape index (κ2) is 8.59. The molecule has 0 aliphatic carbocycles. The van der Waals surface area contributed by atoms with Gasteiger partial charge in [0.15, 0.2) is 11.6 Å². The molecule has 118 valence electrons. The summed E-state index contributed by atoms with van der Waals surface area (Å²) in [5, 5.41) is 5.92. The van der Waals surface area contributed by atoms with E-state index < -0.39 is 5.82 Å². The highest BCUT2D eigenvalue weighted by Gasteiger charge is 2.16. The van der Waals surface area contributed by atoms with Crippen LogP contribution in [0.15, 0.2) is 18.2 Å². The standard InChI is InChI=1S/C15H23FN2O3/c1-10(12-5-6-13(16)14(9-12)21-4)18-11(2)15(19)17-7-8-20-3/h5-6,9-11,18H,7-8H2,1-4H3,(H,17,19). The van der Waals surface area contributed by atoms with Crippen molar-refractivity contribution in [3.8, 4) is 5.75 Å². The van der Waals surface area contributed by atoms with Crippen LogP contribution in [-0.4, -0.2) is 39.3 Å². The molecule has 0 radical (unpaired) electrons. The van der Waals surface area contributed by atoms with E-state index in [2.05, 4.69) is 10.6 Å². The van der Waals surface area contributed by atoms with E-state index in [9.17, 15) is 9.18 Å². The molecule has 0 bridgehead atoms. The summed E-state index contributed by atoms with van der Waals surface area (Å²) in [6.45, 7) is 4.63. The van der Waals surface area contributed by atoms with E-state index in [1.54, 1.807) is 26.2 Å². The maximum Gasteiger partial charge on any atom is 0.236 e. The van der Waals surface area contributed by atoms with Gasteiger partial charge >= 0.3 is 0 Å². The van der Waals surface area contributed by atoms with Crippen molar-refractivity contribution in [2.45, 2.75) is 25.9 Å². The highest BCUT2D eigenvalue weighted by Crippen LogP contribution is 2.22. The first kappa shape index (κ1) is 17.4. The molecule has 2 unspecified atom stereocenters. The SMILES string of the molecule is COCCNC(=O)C(C)NC(C)c1ccc(F)c(OC)c1. The van der Waals surface area contributed by atoms with Gasteiger partial charge in [0.2, 0.25) is 5.91 Å². The van der Waals surface area contributed by atoms with E-state index in [-0.39, 0.29) is 23.7 Å². The fraction of sp³-hybridized carbons (Fsp3) is 0.533. The molecule has 0 aliphatic heterocycles. The molecule has 6 heteroatoms. The minimum absolute atomic E-state index is 0.104. The lowest BCUT2D eigenvalue weighted by Crippen LogP contribution is -2.44. The van der Waals surface area contributed by atoms with E-state index >= 15 is 0 Å². The van der Waals surface area contributed by atoms with Crippen molar-refractivity contribution in [2.24, 2.45) is 0 Å². The molecule has 0 saturated heterocycles. The average Bonchev–Trinajstić information content (AvgIpc) is 2.47. The molecule has 0 saturated carbocycles. The van der Waals surface area contributed by atoms with Crippen LogP contribution < -0.4 is 15.4 Å². The van der Waals surface area contributed by atoms with Gasteiger partial charge in [-0.2, -0.15) is 0 Å². The first-order chi connectivity index (χ1) is 9.99. The molecule has 21 heavy (non-hydrogen) atoms. The number of ether oxygens (including phenoxy) is 2. The summed E-state index contributed by atoms with van der Waals surface area (Å²) in [6, 6.07) is 4.18. The van der Waals surface area contributed by atoms with Crippen molar-refractivity contribution in [1.29, 1.82) is 0 Å². The molecule has 2 N–H and O–H groups in total. The zero-order valence-electron chi connectivity index (χ0n) is 12.9. The second-order valence-corrected chi connectivity index (χ2v) is 4.79. The van der Waals surface area contributed by atoms with Crippen LogP contribution >= 0.6 is 0 Å². The van der Waals surface area contributed by atoms with Gasteiger partial charge in [0.1, 0.15) is 0 Å². The number of hydrogen-bond acceptors (Lipinski definition) is 4. The number of methoxy groups -OCH3 is 2. The van der Waals surface area contributed by atoms with Crippen LogP contribution in [0, 0.1) is 5.82 Å². The lowest BCUT2D eigenvalue weighted by molar-refractivity contribution is -0.123. The number of carbonyl (C=O) groups is 1. The molecule has 1 aromatic rings. The van der Waals surface area contributed by atoms with Crippen molar-refractivity contribution >= 4 is 5.91 Å². The quantitative estimate of drug-likeness (QED) is 0.716. The minimum atomic E-state index is -0.404. The predicted molar refractivity (Wildman–Crippen MR) is 78.9 cm³/mol. The molecule has 0 aliphatic rings. The Morgan fingerprint density at radius 1 is 1.33 bits per heavy atom. The van der Waals surface area contributed by atoms with Gasteiger partial charge in [0.25, 0.3) is 0 Å². The van der Waals surface area contributed by atoms with E-state index in [1.165, 1.54) is 13.2 Å². The lowest BCUT2D eigenvalue weighted by atomic mass is 10.1. The molecule has 0 heterocycles. The van der Waals surface area contributed by atoms with Gasteiger partial charge in [0, 0.05) is 19.7 Å². The molecule has 0 fully saturated rings. The van der Waals surface area contributed by atoms with E-state index in [0.717, 1.165) is 5.56 Å². The van der Waals surface area contributed by atoms with Crippen LogP contribution in [0.2, 0.25) is 0 Å². The summed E-state index contributed by atoms with van der Waals surface area (Å²) in [5.74, 6) is -0.315. The summed E-state index contributed by atoms with van der Waals surface area (Å²) in [5.41, 5.74) is 0.852. The van der Waals surface area contributed by atoms with Crippen LogP contribution in [0.3, 0.4) is 0 Å². The Kier molecular flexibility index (Phi) is 7.11. The Hall–Kier alpha value is -1.66. The molecule has 1 aromatic carbocycles. The number of amides is 1. The van der Waals surface area contributed by atoms with Crippen molar-refractivity contribution in [2.75, 3.05) is 27.4 Å². The maximum atomic E-state index is 13.4. The Morgan fingerprint density at radius 3 is 2.67 bits per heavy atom. The molecular formula is C15H23FN2O3. The van der Waals surface area contributed by atoms with Crippen molar-refractivity contribution < 1.29 is 18.7 Å². The average molecular weight is 298 g/mol. The number of nitrogens with one attached hydrogen (secondary N) is 2. The van der Waals surface area contributed by atoms with Crippen LogP contribution in [0.1, 0.15) is 25.5 Å². The van der Waals surface area contributed by atoms with Crippen LogP contribution in [-0.2, 0) is 9.53 Å². The maximum absolute atomic E-state index is 13.4. The minimum Gasteiger partial charge on any atom is -0.494 e. The zero-order valence-corrected chi connectivity index (χ0v) is 12.9. The van der Waals surface area contributed by atoms with Crippen molar-refractivity contribution in [3.05, 3.63) is 29.6 Å². The second-order valence-electron chi connectivity index (χ2n) is 4.79. The Labute approximate surface area is 124 Å². The fourth-order valence-corrected chi connectivity index (χ4v) is 1.92. The first-order valence-corrected chi connectivity index (χ1v) is 6.85. The molecule has 2 atom stereocenters. The highest BCUT2D eigenvalue weighted by molar-refractivity contribution is 5.81. The summed E-state index contributed by atoms with van der Waals surface area (Å²) in [7, 11) is 3.00. The normalized spacial score (nSPS) is 13.6. The van der Waals surface area contributed by atoms with Gasteiger partial charge in [-0.05, 0) is 31.5 Å². The molecule has 0 aromatic heterocycles. The Morgan fingerprint density at radius 2 is 2.05 bits per heavy atom. The van der Waals surface area contributed by atoms with Crippen LogP contribution in [0.4, 0.5) is 4.39 Å². The number of rotatable bonds is 8. The van der Waals surface area contributed by atoms with Gasteiger partial charge in [0.05, 0.1) is 19.8 Å². The third kappa shape index (κ3) is 5.32. The van der Waals surface area contributed by atoms with Crippen molar-refractivity contribution in [1.82, 2.24) is 10.6 Å². The number of carbonyl (C=O) groups excluding carboxylic acids is 1. The molecule has 0 spiro atoms. The summed E-state index contributed by atoms with van der Waals surface area (Å²) in [4.78, 5) is 11.8. The van der Waals surface area contributed by atoms with Gasteiger partial charge in [-0.3, -0.25) is 10.1 Å². The number of halogens is 1. The van der Waals surface area contributed by atoms with E-state index in [4.69, 9.17) is 9.47 Å². The molecule has 1 rings (SSSR count). The van der Waals surface area contributed by atoms with Crippen LogP contribution in [0.25, 0.3) is 0 Å². The van der Waals surface area contributed by atoms with Gasteiger partial charge < -0.3 is 14.8 Å². The number of hydrogen-bond donors (Lipinski definition) is 2. The van der Waals surface area contributed by atoms with Crippen LogP contribution in [0.5, 0.6) is 5.75 Å². The Bertz CT molecular complexity index is 468. The van der Waals surface area contributed by atoms with Crippen molar-refractivity contribution in [3.63, 3.8) is 0 Å². The summed E-state index contributed by atoms with van der Waals surface area (Å²) < 4.78 is 23.2. The Balaban J connectivity index is 2.59. The molecule has 5 nitrogen and oxygen atoms in total. The molecular weight excluding hydrogens is 275 g/mol. The van der Waals surface area contributed by atoms with Gasteiger partial charge in [-0.1, -0.05) is 6.07 Å².